The standard InChI is InChI=1S/C21H27ClN4O3S/c1-16(2)24(3)30(28,29)18-6-7-20(22)19(13-18)21(27)26-11-9-25(10-12-26)15-17-5-4-8-23-14-17/h4-8,13-14,16H,9-12,15H2,1-3H3. The van der Waals surface area contributed by atoms with Crippen LogP contribution in [0.4, 0.5) is 0 Å². The van der Waals surface area contributed by atoms with E-state index in [1.807, 2.05) is 18.3 Å². The first kappa shape index (κ1) is 22.7. The fraction of sp³-hybridized carbons (Fsp3) is 0.429. The Morgan fingerprint density at radius 2 is 1.90 bits per heavy atom. The van der Waals surface area contributed by atoms with Crippen molar-refractivity contribution in [2.45, 2.75) is 31.3 Å². The minimum Gasteiger partial charge on any atom is -0.336 e. The summed E-state index contributed by atoms with van der Waals surface area (Å²) in [5, 5.41) is 0.254. The Kier molecular flexibility index (Phi) is 7.13. The monoisotopic (exact) mass is 450 g/mol. The van der Waals surface area contributed by atoms with E-state index in [-0.39, 0.29) is 27.4 Å². The molecule has 3 rings (SSSR count). The van der Waals surface area contributed by atoms with Crippen LogP contribution in [-0.4, -0.2) is 72.7 Å². The van der Waals surface area contributed by atoms with Gasteiger partial charge < -0.3 is 4.90 Å². The van der Waals surface area contributed by atoms with E-state index >= 15 is 0 Å². The number of carbonyl (C=O) groups is 1. The zero-order valence-electron chi connectivity index (χ0n) is 17.5. The molecule has 0 spiro atoms. The zero-order valence-corrected chi connectivity index (χ0v) is 19.0. The second-order valence-electron chi connectivity index (χ2n) is 7.69. The van der Waals surface area contributed by atoms with Crippen LogP contribution in [-0.2, 0) is 16.6 Å². The number of nitrogens with zero attached hydrogens (tertiary/aromatic N) is 4. The summed E-state index contributed by atoms with van der Waals surface area (Å²) in [4.78, 5) is 21.3. The summed E-state index contributed by atoms with van der Waals surface area (Å²) in [5.41, 5.74) is 1.35. The lowest BCUT2D eigenvalue weighted by Crippen LogP contribution is -2.48. The van der Waals surface area contributed by atoms with Crippen LogP contribution in [0.1, 0.15) is 29.8 Å². The smallest absolute Gasteiger partial charge is 0.255 e. The van der Waals surface area contributed by atoms with Crippen molar-refractivity contribution in [1.82, 2.24) is 19.1 Å². The number of sulfonamides is 1. The van der Waals surface area contributed by atoms with E-state index in [4.69, 9.17) is 11.6 Å². The fourth-order valence-corrected chi connectivity index (χ4v) is 4.89. The van der Waals surface area contributed by atoms with E-state index in [1.54, 1.807) is 24.9 Å². The molecule has 1 fully saturated rings. The van der Waals surface area contributed by atoms with Gasteiger partial charge in [0.15, 0.2) is 0 Å². The summed E-state index contributed by atoms with van der Waals surface area (Å²) in [7, 11) is -2.17. The second kappa shape index (κ2) is 9.43. The highest BCUT2D eigenvalue weighted by Crippen LogP contribution is 2.25. The van der Waals surface area contributed by atoms with Gasteiger partial charge in [0.25, 0.3) is 5.91 Å². The van der Waals surface area contributed by atoms with Gasteiger partial charge in [-0.1, -0.05) is 17.7 Å². The number of halogens is 1. The molecule has 9 heteroatoms. The number of benzene rings is 1. The van der Waals surface area contributed by atoms with Crippen LogP contribution in [0.5, 0.6) is 0 Å². The predicted molar refractivity (Wildman–Crippen MR) is 117 cm³/mol. The number of amides is 1. The van der Waals surface area contributed by atoms with Gasteiger partial charge in [0, 0.05) is 58.2 Å². The maximum Gasteiger partial charge on any atom is 0.255 e. The molecule has 0 unspecified atom stereocenters. The van der Waals surface area contributed by atoms with E-state index in [2.05, 4.69) is 9.88 Å². The molecule has 7 nitrogen and oxygen atoms in total. The van der Waals surface area contributed by atoms with Gasteiger partial charge in [-0.05, 0) is 43.7 Å². The van der Waals surface area contributed by atoms with Crippen LogP contribution in [0, 0.1) is 0 Å². The van der Waals surface area contributed by atoms with Crippen LogP contribution in [0.2, 0.25) is 5.02 Å². The van der Waals surface area contributed by atoms with Crippen LogP contribution < -0.4 is 0 Å². The maximum atomic E-state index is 13.1. The van der Waals surface area contributed by atoms with Crippen molar-refractivity contribution in [3.63, 3.8) is 0 Å². The van der Waals surface area contributed by atoms with Gasteiger partial charge in [0.05, 0.1) is 15.5 Å². The average Bonchev–Trinajstić information content (AvgIpc) is 2.74. The van der Waals surface area contributed by atoms with Crippen molar-refractivity contribution in [3.8, 4) is 0 Å². The minimum atomic E-state index is -3.70. The molecule has 162 valence electrons. The molecule has 1 aromatic carbocycles. The molecule has 0 bridgehead atoms. The topological polar surface area (TPSA) is 73.8 Å². The highest BCUT2D eigenvalue weighted by molar-refractivity contribution is 7.89. The first-order valence-electron chi connectivity index (χ1n) is 9.88. The summed E-state index contributed by atoms with van der Waals surface area (Å²) in [5.74, 6) is -0.245. The molecule has 2 aromatic rings. The summed E-state index contributed by atoms with van der Waals surface area (Å²) < 4.78 is 26.9. The summed E-state index contributed by atoms with van der Waals surface area (Å²) >= 11 is 6.27. The van der Waals surface area contributed by atoms with Crippen molar-refractivity contribution in [1.29, 1.82) is 0 Å². The Morgan fingerprint density at radius 3 is 2.50 bits per heavy atom. The Labute approximate surface area is 183 Å². The third-order valence-electron chi connectivity index (χ3n) is 5.36. The number of pyridine rings is 1. The molecule has 0 atom stereocenters. The molecule has 1 aliphatic heterocycles. The molecule has 1 aliphatic rings. The van der Waals surface area contributed by atoms with E-state index in [0.29, 0.717) is 13.1 Å². The van der Waals surface area contributed by atoms with Gasteiger partial charge in [-0.15, -0.1) is 0 Å². The van der Waals surface area contributed by atoms with Gasteiger partial charge in [-0.25, -0.2) is 8.42 Å². The quantitative estimate of drug-likeness (QED) is 0.676. The normalized spacial score (nSPS) is 15.7. The van der Waals surface area contributed by atoms with Crippen LogP contribution in [0.3, 0.4) is 0 Å². The molecule has 0 N–H and O–H groups in total. The predicted octanol–water partition coefficient (Wildman–Crippen LogP) is 2.72. The molecule has 1 amide bonds. The fourth-order valence-electron chi connectivity index (χ4n) is 3.30. The first-order chi connectivity index (χ1) is 14.2. The highest BCUT2D eigenvalue weighted by atomic mass is 35.5. The molecule has 0 aliphatic carbocycles. The number of rotatable bonds is 6. The Bertz CT molecular complexity index is 991. The van der Waals surface area contributed by atoms with Crippen molar-refractivity contribution in [3.05, 3.63) is 58.9 Å². The van der Waals surface area contributed by atoms with E-state index in [1.165, 1.54) is 29.6 Å². The van der Waals surface area contributed by atoms with Gasteiger partial charge in [0.2, 0.25) is 10.0 Å². The van der Waals surface area contributed by atoms with Crippen molar-refractivity contribution in [2.24, 2.45) is 0 Å². The molecule has 30 heavy (non-hydrogen) atoms. The van der Waals surface area contributed by atoms with E-state index in [0.717, 1.165) is 25.2 Å². The van der Waals surface area contributed by atoms with Crippen LogP contribution in [0.15, 0.2) is 47.6 Å². The summed E-state index contributed by atoms with van der Waals surface area (Å²) in [6.45, 7) is 6.94. The second-order valence-corrected chi connectivity index (χ2v) is 10.1. The molecule has 0 radical (unpaired) electrons. The number of carbonyl (C=O) groups excluding carboxylic acids is 1. The molecule has 0 saturated carbocycles. The number of aromatic nitrogens is 1. The molecule has 1 saturated heterocycles. The molecular formula is C21H27ClN4O3S. The summed E-state index contributed by atoms with van der Waals surface area (Å²) in [6, 6.07) is 8.06. The lowest BCUT2D eigenvalue weighted by molar-refractivity contribution is 0.0628. The molecule has 2 heterocycles. The van der Waals surface area contributed by atoms with Gasteiger partial charge in [0.1, 0.15) is 0 Å². The first-order valence-corrected chi connectivity index (χ1v) is 11.7. The Morgan fingerprint density at radius 1 is 1.20 bits per heavy atom. The molecule has 1 aromatic heterocycles. The number of hydrogen-bond donors (Lipinski definition) is 0. The van der Waals surface area contributed by atoms with Gasteiger partial charge in [-0.3, -0.25) is 14.7 Å². The van der Waals surface area contributed by atoms with Crippen molar-refractivity contribution in [2.75, 3.05) is 33.2 Å². The third-order valence-corrected chi connectivity index (χ3v) is 7.72. The largest absolute Gasteiger partial charge is 0.336 e. The average molecular weight is 451 g/mol. The van der Waals surface area contributed by atoms with Crippen LogP contribution >= 0.6 is 11.6 Å². The third kappa shape index (κ3) is 5.00. The van der Waals surface area contributed by atoms with Crippen molar-refractivity contribution >= 4 is 27.5 Å². The Hall–Kier alpha value is -2.00. The van der Waals surface area contributed by atoms with Gasteiger partial charge >= 0.3 is 0 Å². The minimum absolute atomic E-state index is 0.0710. The van der Waals surface area contributed by atoms with E-state index < -0.39 is 10.0 Å². The number of hydrogen-bond acceptors (Lipinski definition) is 5. The number of piperazine rings is 1. The lowest BCUT2D eigenvalue weighted by Gasteiger charge is -2.35. The summed E-state index contributed by atoms with van der Waals surface area (Å²) in [6.07, 6.45) is 3.59. The van der Waals surface area contributed by atoms with Crippen molar-refractivity contribution < 1.29 is 13.2 Å². The Balaban J connectivity index is 1.71. The SMILES string of the molecule is CC(C)N(C)S(=O)(=O)c1ccc(Cl)c(C(=O)N2CCN(Cc3cccnc3)CC2)c1. The maximum absolute atomic E-state index is 13.1. The highest BCUT2D eigenvalue weighted by Gasteiger charge is 2.28. The van der Waals surface area contributed by atoms with Gasteiger partial charge in [-0.2, -0.15) is 4.31 Å². The van der Waals surface area contributed by atoms with E-state index in [9.17, 15) is 13.2 Å². The van der Waals surface area contributed by atoms with Crippen LogP contribution in [0.25, 0.3) is 0 Å². The lowest BCUT2D eigenvalue weighted by atomic mass is 10.1. The molecular weight excluding hydrogens is 424 g/mol. The zero-order chi connectivity index (χ0) is 21.9.